The molecule has 0 aliphatic rings. The van der Waals surface area contributed by atoms with Gasteiger partial charge < -0.3 is 9.88 Å². The first kappa shape index (κ1) is 12.3. The summed E-state index contributed by atoms with van der Waals surface area (Å²) >= 11 is 0. The maximum atomic E-state index is 11.9. The van der Waals surface area contributed by atoms with Gasteiger partial charge in [0, 0.05) is 44.3 Å². The van der Waals surface area contributed by atoms with Crippen molar-refractivity contribution >= 4 is 5.91 Å². The molecule has 18 heavy (non-hydrogen) atoms. The topological polar surface area (TPSA) is 64.7 Å². The fraction of sp³-hybridized carbons (Fsp3) is 0.417. The van der Waals surface area contributed by atoms with E-state index in [0.717, 1.165) is 17.0 Å². The number of aromatic nitrogens is 4. The lowest BCUT2D eigenvalue weighted by molar-refractivity contribution is 0.0937. The maximum absolute atomic E-state index is 11.9. The van der Waals surface area contributed by atoms with Gasteiger partial charge in [-0.25, -0.2) is 4.98 Å². The Morgan fingerprint density at radius 1 is 1.39 bits per heavy atom. The van der Waals surface area contributed by atoms with Crippen LogP contribution in [0.3, 0.4) is 0 Å². The van der Waals surface area contributed by atoms with Crippen molar-refractivity contribution in [2.75, 3.05) is 0 Å². The average molecular weight is 247 g/mol. The van der Waals surface area contributed by atoms with Gasteiger partial charge in [0.05, 0.1) is 5.69 Å². The number of hydrogen-bond donors (Lipinski definition) is 1. The van der Waals surface area contributed by atoms with Gasteiger partial charge in [0.25, 0.3) is 5.91 Å². The Morgan fingerprint density at radius 3 is 2.61 bits per heavy atom. The second kappa shape index (κ2) is 4.64. The van der Waals surface area contributed by atoms with E-state index in [-0.39, 0.29) is 5.91 Å². The number of amides is 1. The molecule has 0 fully saturated rings. The van der Waals surface area contributed by atoms with E-state index in [4.69, 9.17) is 0 Å². The van der Waals surface area contributed by atoms with Gasteiger partial charge in [-0.1, -0.05) is 0 Å². The Labute approximate surface area is 106 Å². The fourth-order valence-corrected chi connectivity index (χ4v) is 1.91. The minimum atomic E-state index is -0.176. The third-order valence-electron chi connectivity index (χ3n) is 3.11. The molecule has 0 unspecified atom stereocenters. The van der Waals surface area contributed by atoms with Gasteiger partial charge in [-0.15, -0.1) is 0 Å². The highest BCUT2D eigenvalue weighted by Crippen LogP contribution is 2.11. The standard InChI is InChI=1S/C12H17N5O/c1-8-10(9(2)17(4)15-8)7-14-12(18)11-13-5-6-16(11)3/h5-6H,7H2,1-4H3,(H,14,18). The summed E-state index contributed by atoms with van der Waals surface area (Å²) < 4.78 is 3.51. The van der Waals surface area contributed by atoms with Crippen molar-refractivity contribution in [3.8, 4) is 0 Å². The minimum Gasteiger partial charge on any atom is -0.345 e. The second-order valence-electron chi connectivity index (χ2n) is 4.32. The minimum absolute atomic E-state index is 0.176. The summed E-state index contributed by atoms with van der Waals surface area (Å²) in [5, 5.41) is 7.17. The molecule has 2 rings (SSSR count). The van der Waals surface area contributed by atoms with E-state index in [2.05, 4.69) is 15.4 Å². The van der Waals surface area contributed by atoms with E-state index in [0.29, 0.717) is 12.4 Å². The summed E-state index contributed by atoms with van der Waals surface area (Å²) in [6.45, 7) is 4.40. The van der Waals surface area contributed by atoms with E-state index < -0.39 is 0 Å². The van der Waals surface area contributed by atoms with Crippen LogP contribution in [-0.2, 0) is 20.6 Å². The number of aryl methyl sites for hydroxylation is 3. The number of carbonyl (C=O) groups excluding carboxylic acids is 1. The van der Waals surface area contributed by atoms with E-state index >= 15 is 0 Å². The number of hydrogen-bond acceptors (Lipinski definition) is 3. The van der Waals surface area contributed by atoms with Crippen molar-refractivity contribution in [2.45, 2.75) is 20.4 Å². The Balaban J connectivity index is 2.09. The molecule has 0 radical (unpaired) electrons. The molecule has 1 amide bonds. The zero-order valence-electron chi connectivity index (χ0n) is 11.1. The summed E-state index contributed by atoms with van der Waals surface area (Å²) in [5.41, 5.74) is 3.06. The average Bonchev–Trinajstić information content (AvgIpc) is 2.83. The predicted molar refractivity (Wildman–Crippen MR) is 67.1 cm³/mol. The number of rotatable bonds is 3. The van der Waals surface area contributed by atoms with Crippen molar-refractivity contribution in [2.24, 2.45) is 14.1 Å². The highest BCUT2D eigenvalue weighted by atomic mass is 16.2. The largest absolute Gasteiger partial charge is 0.345 e. The highest BCUT2D eigenvalue weighted by Gasteiger charge is 2.13. The Kier molecular flexibility index (Phi) is 3.18. The lowest BCUT2D eigenvalue weighted by Crippen LogP contribution is -2.26. The zero-order valence-corrected chi connectivity index (χ0v) is 11.1. The third kappa shape index (κ3) is 2.13. The van der Waals surface area contributed by atoms with Gasteiger partial charge in [0.15, 0.2) is 5.82 Å². The molecule has 0 saturated heterocycles. The molecule has 2 aromatic rings. The molecule has 6 nitrogen and oxygen atoms in total. The van der Waals surface area contributed by atoms with Crippen molar-refractivity contribution in [3.63, 3.8) is 0 Å². The molecular weight excluding hydrogens is 230 g/mol. The lowest BCUT2D eigenvalue weighted by Gasteiger charge is -2.05. The normalized spacial score (nSPS) is 10.7. The molecule has 0 bridgehead atoms. The smallest absolute Gasteiger partial charge is 0.287 e. The van der Waals surface area contributed by atoms with Gasteiger partial charge >= 0.3 is 0 Å². The third-order valence-corrected chi connectivity index (χ3v) is 3.11. The van der Waals surface area contributed by atoms with Crippen LogP contribution >= 0.6 is 0 Å². The van der Waals surface area contributed by atoms with E-state index in [1.807, 2.05) is 25.6 Å². The quantitative estimate of drug-likeness (QED) is 0.868. The van der Waals surface area contributed by atoms with Gasteiger partial charge in [0.2, 0.25) is 0 Å². The van der Waals surface area contributed by atoms with Crippen LogP contribution in [0.4, 0.5) is 0 Å². The number of imidazole rings is 1. The highest BCUT2D eigenvalue weighted by molar-refractivity contribution is 5.90. The fourth-order valence-electron chi connectivity index (χ4n) is 1.91. The zero-order chi connectivity index (χ0) is 13.3. The van der Waals surface area contributed by atoms with Gasteiger partial charge in [-0.05, 0) is 13.8 Å². The second-order valence-corrected chi connectivity index (χ2v) is 4.32. The molecule has 2 heterocycles. The number of carbonyl (C=O) groups is 1. The van der Waals surface area contributed by atoms with Crippen LogP contribution in [0.25, 0.3) is 0 Å². The Bertz CT molecular complexity index is 581. The van der Waals surface area contributed by atoms with Crippen LogP contribution in [0.15, 0.2) is 12.4 Å². The summed E-state index contributed by atoms with van der Waals surface area (Å²) in [6.07, 6.45) is 3.35. The molecule has 0 atom stereocenters. The van der Waals surface area contributed by atoms with Crippen LogP contribution in [0, 0.1) is 13.8 Å². The molecule has 2 aromatic heterocycles. The van der Waals surface area contributed by atoms with Crippen molar-refractivity contribution in [1.29, 1.82) is 0 Å². The first-order valence-corrected chi connectivity index (χ1v) is 5.75. The molecule has 1 N–H and O–H groups in total. The van der Waals surface area contributed by atoms with Crippen molar-refractivity contribution in [3.05, 3.63) is 35.2 Å². The van der Waals surface area contributed by atoms with Gasteiger partial charge in [-0.3, -0.25) is 9.48 Å². The Morgan fingerprint density at radius 2 is 2.11 bits per heavy atom. The molecular formula is C12H17N5O. The monoisotopic (exact) mass is 247 g/mol. The lowest BCUT2D eigenvalue weighted by atomic mass is 10.2. The Hall–Kier alpha value is -2.11. The molecule has 0 saturated carbocycles. The SMILES string of the molecule is Cc1nn(C)c(C)c1CNC(=O)c1nccn1C. The maximum Gasteiger partial charge on any atom is 0.287 e. The summed E-state index contributed by atoms with van der Waals surface area (Å²) in [7, 11) is 3.69. The molecule has 0 aliphatic heterocycles. The van der Waals surface area contributed by atoms with Crippen molar-refractivity contribution in [1.82, 2.24) is 24.6 Å². The van der Waals surface area contributed by atoms with Crippen molar-refractivity contribution < 1.29 is 4.79 Å². The number of nitrogens with zero attached hydrogens (tertiary/aromatic N) is 4. The van der Waals surface area contributed by atoms with Crippen LogP contribution < -0.4 is 5.32 Å². The molecule has 0 aliphatic carbocycles. The summed E-state index contributed by atoms with van der Waals surface area (Å²) in [4.78, 5) is 15.9. The summed E-state index contributed by atoms with van der Waals surface area (Å²) in [6, 6.07) is 0. The first-order valence-electron chi connectivity index (χ1n) is 5.75. The van der Waals surface area contributed by atoms with Crippen LogP contribution in [0.5, 0.6) is 0 Å². The molecule has 0 aromatic carbocycles. The number of nitrogens with one attached hydrogen (secondary N) is 1. The van der Waals surface area contributed by atoms with Crippen LogP contribution in [0.1, 0.15) is 27.6 Å². The molecule has 6 heteroatoms. The molecule has 0 spiro atoms. The first-order chi connectivity index (χ1) is 8.50. The summed E-state index contributed by atoms with van der Waals surface area (Å²) in [5.74, 6) is 0.236. The van der Waals surface area contributed by atoms with E-state index in [9.17, 15) is 4.79 Å². The van der Waals surface area contributed by atoms with Crippen LogP contribution in [0.2, 0.25) is 0 Å². The van der Waals surface area contributed by atoms with E-state index in [1.165, 1.54) is 0 Å². The predicted octanol–water partition coefficient (Wildman–Crippen LogP) is 0.700. The van der Waals surface area contributed by atoms with E-state index in [1.54, 1.807) is 24.0 Å². The van der Waals surface area contributed by atoms with Gasteiger partial charge in [0.1, 0.15) is 0 Å². The molecule has 96 valence electrons. The van der Waals surface area contributed by atoms with Gasteiger partial charge in [-0.2, -0.15) is 5.10 Å². The van der Waals surface area contributed by atoms with Crippen LogP contribution in [-0.4, -0.2) is 25.2 Å².